The first-order valence-corrected chi connectivity index (χ1v) is 10.4. The molecule has 1 amide bonds. The minimum absolute atomic E-state index is 0.0558. The van der Waals surface area contributed by atoms with Crippen molar-refractivity contribution in [1.82, 2.24) is 14.8 Å². The monoisotopic (exact) mass is 440 g/mol. The van der Waals surface area contributed by atoms with Crippen LogP contribution in [-0.2, 0) is 11.3 Å². The second-order valence-corrected chi connectivity index (χ2v) is 7.73. The largest absolute Gasteiger partial charge is 0.506 e. The molecule has 0 fully saturated rings. The second kappa shape index (κ2) is 8.64. The summed E-state index contributed by atoms with van der Waals surface area (Å²) >= 11 is 7.13. The number of anilines is 1. The summed E-state index contributed by atoms with van der Waals surface area (Å²) in [5, 5.41) is 22.9. The molecule has 0 aliphatic heterocycles. The quantitative estimate of drug-likeness (QED) is 0.239. The molecule has 2 aromatic heterocycles. The minimum Gasteiger partial charge on any atom is -0.506 e. The molecule has 7 nitrogen and oxygen atoms in total. The fourth-order valence-corrected chi connectivity index (χ4v) is 3.81. The number of thioether (sulfide) groups is 1. The zero-order valence-electron chi connectivity index (χ0n) is 15.7. The lowest BCUT2D eigenvalue weighted by molar-refractivity contribution is -0.113. The van der Waals surface area contributed by atoms with Crippen molar-refractivity contribution in [3.63, 3.8) is 0 Å². The average molecular weight is 441 g/mol. The van der Waals surface area contributed by atoms with Gasteiger partial charge in [-0.05, 0) is 30.3 Å². The molecule has 2 N–H and O–H groups in total. The number of aromatic hydroxyl groups is 1. The van der Waals surface area contributed by atoms with E-state index in [9.17, 15) is 9.90 Å². The van der Waals surface area contributed by atoms with Crippen LogP contribution in [0.1, 0.15) is 0 Å². The van der Waals surface area contributed by atoms with E-state index in [1.807, 2.05) is 34.9 Å². The first-order chi connectivity index (χ1) is 14.5. The number of halogens is 1. The lowest BCUT2D eigenvalue weighted by Gasteiger charge is -2.08. The van der Waals surface area contributed by atoms with Gasteiger partial charge in [-0.3, -0.25) is 9.36 Å². The van der Waals surface area contributed by atoms with Crippen molar-refractivity contribution < 1.29 is 14.3 Å². The molecule has 2 aromatic carbocycles. The second-order valence-electron chi connectivity index (χ2n) is 6.35. The van der Waals surface area contributed by atoms with E-state index in [1.54, 1.807) is 12.1 Å². The summed E-state index contributed by atoms with van der Waals surface area (Å²) in [5.74, 6) is 0.851. The lowest BCUT2D eigenvalue weighted by atomic mass is 10.2. The number of carbonyl (C=O) groups is 1. The molecule has 0 spiro atoms. The Morgan fingerprint density at radius 2 is 2.10 bits per heavy atom. The summed E-state index contributed by atoms with van der Waals surface area (Å²) in [7, 11) is 0. The summed E-state index contributed by atoms with van der Waals surface area (Å²) in [6.45, 7) is 4.24. The molecule has 0 atom stereocenters. The predicted molar refractivity (Wildman–Crippen MR) is 118 cm³/mol. The van der Waals surface area contributed by atoms with E-state index < -0.39 is 0 Å². The molecular weight excluding hydrogens is 424 g/mol. The van der Waals surface area contributed by atoms with Crippen LogP contribution in [0.3, 0.4) is 0 Å². The first kappa shape index (κ1) is 20.1. The average Bonchev–Trinajstić information content (AvgIpc) is 3.33. The molecule has 152 valence electrons. The Morgan fingerprint density at radius 3 is 2.90 bits per heavy atom. The molecule has 30 heavy (non-hydrogen) atoms. The normalized spacial score (nSPS) is 11.0. The summed E-state index contributed by atoms with van der Waals surface area (Å²) in [6, 6.07) is 14.0. The van der Waals surface area contributed by atoms with Gasteiger partial charge in [0, 0.05) is 17.0 Å². The Kier molecular flexibility index (Phi) is 5.78. The standard InChI is InChI=1S/C21H17ClN4O3S/c1-2-9-26-20(18-10-13-5-3-4-6-17(13)29-18)24-25-21(26)30-12-19(28)23-15-11-14(22)7-8-16(15)27/h2-8,10-11,27H,1,9,12H2,(H,23,28). The van der Waals surface area contributed by atoms with Crippen molar-refractivity contribution in [1.29, 1.82) is 0 Å². The van der Waals surface area contributed by atoms with Crippen LogP contribution < -0.4 is 5.32 Å². The fourth-order valence-electron chi connectivity index (χ4n) is 2.89. The molecule has 0 saturated carbocycles. The number of rotatable bonds is 7. The predicted octanol–water partition coefficient (Wildman–Crippen LogP) is 4.97. The number of hydrogen-bond acceptors (Lipinski definition) is 6. The summed E-state index contributed by atoms with van der Waals surface area (Å²) in [6.07, 6.45) is 1.73. The molecule has 2 heterocycles. The Hall–Kier alpha value is -3.23. The van der Waals surface area contributed by atoms with Gasteiger partial charge in [-0.25, -0.2) is 0 Å². The van der Waals surface area contributed by atoms with Crippen LogP contribution in [0.2, 0.25) is 5.02 Å². The summed E-state index contributed by atoms with van der Waals surface area (Å²) in [4.78, 5) is 12.3. The van der Waals surface area contributed by atoms with Crippen LogP contribution >= 0.6 is 23.4 Å². The molecule has 4 aromatic rings. The highest BCUT2D eigenvalue weighted by Crippen LogP contribution is 2.30. The Bertz CT molecular complexity index is 1200. The van der Waals surface area contributed by atoms with Crippen molar-refractivity contribution in [3.05, 3.63) is 66.2 Å². The Labute approximate surface area is 181 Å². The Balaban J connectivity index is 1.52. The number of benzene rings is 2. The minimum atomic E-state index is -0.309. The van der Waals surface area contributed by atoms with Crippen LogP contribution in [0, 0.1) is 0 Å². The van der Waals surface area contributed by atoms with Crippen molar-refractivity contribution in [2.24, 2.45) is 0 Å². The number of nitrogens with one attached hydrogen (secondary N) is 1. The molecule has 0 aliphatic rings. The smallest absolute Gasteiger partial charge is 0.234 e. The van der Waals surface area contributed by atoms with Crippen LogP contribution in [0.15, 0.2) is 70.8 Å². The third-order valence-corrected chi connectivity index (χ3v) is 5.44. The van der Waals surface area contributed by atoms with E-state index in [1.165, 1.54) is 23.9 Å². The number of carbonyl (C=O) groups excluding carboxylic acids is 1. The maximum Gasteiger partial charge on any atom is 0.234 e. The molecule has 0 unspecified atom stereocenters. The van der Waals surface area contributed by atoms with E-state index >= 15 is 0 Å². The number of para-hydroxylation sites is 1. The van der Waals surface area contributed by atoms with E-state index in [0.717, 1.165) is 11.0 Å². The molecule has 0 aliphatic carbocycles. The zero-order valence-corrected chi connectivity index (χ0v) is 17.3. The third kappa shape index (κ3) is 4.19. The van der Waals surface area contributed by atoms with Crippen LogP contribution in [-0.4, -0.2) is 31.5 Å². The third-order valence-electron chi connectivity index (χ3n) is 4.24. The molecule has 0 radical (unpaired) electrons. The van der Waals surface area contributed by atoms with Gasteiger partial charge in [0.2, 0.25) is 11.7 Å². The first-order valence-electron chi connectivity index (χ1n) is 8.99. The van der Waals surface area contributed by atoms with Crippen LogP contribution in [0.4, 0.5) is 5.69 Å². The van der Waals surface area contributed by atoms with E-state index in [2.05, 4.69) is 22.1 Å². The van der Waals surface area contributed by atoms with Crippen LogP contribution in [0.5, 0.6) is 5.75 Å². The van der Waals surface area contributed by atoms with Gasteiger partial charge in [0.1, 0.15) is 11.3 Å². The number of amides is 1. The van der Waals surface area contributed by atoms with Gasteiger partial charge in [-0.1, -0.05) is 47.6 Å². The van der Waals surface area contributed by atoms with E-state index in [4.69, 9.17) is 16.0 Å². The highest BCUT2D eigenvalue weighted by molar-refractivity contribution is 7.99. The highest BCUT2D eigenvalue weighted by Gasteiger charge is 2.18. The summed E-state index contributed by atoms with van der Waals surface area (Å²) in [5.41, 5.74) is 1.01. The van der Waals surface area contributed by atoms with Gasteiger partial charge < -0.3 is 14.8 Å². The van der Waals surface area contributed by atoms with Gasteiger partial charge in [0.15, 0.2) is 10.9 Å². The van der Waals surface area contributed by atoms with Crippen molar-refractivity contribution >= 4 is 45.9 Å². The van der Waals surface area contributed by atoms with Gasteiger partial charge in [-0.2, -0.15) is 0 Å². The Morgan fingerprint density at radius 1 is 1.27 bits per heavy atom. The number of phenolic OH excluding ortho intramolecular Hbond substituents is 1. The molecule has 0 saturated heterocycles. The lowest BCUT2D eigenvalue weighted by Crippen LogP contribution is -2.14. The number of aromatic nitrogens is 3. The van der Waals surface area contributed by atoms with Gasteiger partial charge in [0.25, 0.3) is 0 Å². The van der Waals surface area contributed by atoms with Crippen LogP contribution in [0.25, 0.3) is 22.6 Å². The summed E-state index contributed by atoms with van der Waals surface area (Å²) < 4.78 is 7.73. The number of nitrogens with zero attached hydrogens (tertiary/aromatic N) is 3. The number of allylic oxidation sites excluding steroid dienone is 1. The highest BCUT2D eigenvalue weighted by atomic mass is 35.5. The number of phenols is 1. The van der Waals surface area contributed by atoms with Crippen molar-refractivity contribution in [3.8, 4) is 17.3 Å². The van der Waals surface area contributed by atoms with Gasteiger partial charge in [-0.15, -0.1) is 16.8 Å². The van der Waals surface area contributed by atoms with Crippen molar-refractivity contribution in [2.75, 3.05) is 11.1 Å². The molecule has 9 heteroatoms. The van der Waals surface area contributed by atoms with E-state index in [-0.39, 0.29) is 23.1 Å². The SMILES string of the molecule is C=CCn1c(SCC(=O)Nc2cc(Cl)ccc2O)nnc1-c1cc2ccccc2o1. The number of hydrogen-bond donors (Lipinski definition) is 2. The number of fused-ring (bicyclic) bond motifs is 1. The topological polar surface area (TPSA) is 93.2 Å². The van der Waals surface area contributed by atoms with Crippen molar-refractivity contribution in [2.45, 2.75) is 11.7 Å². The maximum absolute atomic E-state index is 12.3. The van der Waals surface area contributed by atoms with Gasteiger partial charge >= 0.3 is 0 Å². The van der Waals surface area contributed by atoms with Gasteiger partial charge in [0.05, 0.1) is 11.4 Å². The van der Waals surface area contributed by atoms with E-state index in [0.29, 0.717) is 28.3 Å². The zero-order chi connectivity index (χ0) is 21.1. The molecule has 0 bridgehead atoms. The molecule has 4 rings (SSSR count). The fraction of sp³-hybridized carbons (Fsp3) is 0.0952. The molecular formula is C21H17ClN4O3S. The maximum atomic E-state index is 12.3. The number of furan rings is 1.